The van der Waals surface area contributed by atoms with E-state index in [0.717, 1.165) is 17.7 Å². The number of likely N-dealkylation sites (tertiary alicyclic amines) is 1. The van der Waals surface area contributed by atoms with Crippen molar-refractivity contribution < 1.29 is 34.1 Å². The number of nitrogens with zero attached hydrogens (tertiary/aromatic N) is 1. The summed E-state index contributed by atoms with van der Waals surface area (Å²) < 4.78 is 11.7. The summed E-state index contributed by atoms with van der Waals surface area (Å²) in [5.41, 5.74) is -0.216. The quantitative estimate of drug-likeness (QED) is 0.633. The number of ether oxygens (including phenoxy) is 2. The molecule has 172 valence electrons. The number of amides is 1. The van der Waals surface area contributed by atoms with Gasteiger partial charge in [-0.3, -0.25) is 4.79 Å². The van der Waals surface area contributed by atoms with Gasteiger partial charge in [-0.05, 0) is 50.4 Å². The van der Waals surface area contributed by atoms with E-state index in [0.29, 0.717) is 25.0 Å². The molecule has 2 aliphatic carbocycles. The number of aliphatic hydroxyl groups is 1. The number of carbonyl (C=O) groups excluding carboxylic acids is 2. The summed E-state index contributed by atoms with van der Waals surface area (Å²) in [7, 11) is 2.00. The molecule has 0 aromatic heterocycles. The number of aliphatic carboxylic acids is 1. The summed E-state index contributed by atoms with van der Waals surface area (Å²) in [5.74, 6) is -1.09. The largest absolute Gasteiger partial charge is 0.480 e. The van der Waals surface area contributed by atoms with Gasteiger partial charge >= 0.3 is 12.1 Å². The van der Waals surface area contributed by atoms with Gasteiger partial charge in [-0.1, -0.05) is 19.9 Å². The summed E-state index contributed by atoms with van der Waals surface area (Å²) in [5, 5.41) is 23.7. The molecular weight excluding hydrogens is 416 g/mol. The monoisotopic (exact) mass is 444 g/mol. The van der Waals surface area contributed by atoms with Gasteiger partial charge in [0.2, 0.25) is 0 Å². The van der Waals surface area contributed by atoms with E-state index in [1.165, 1.54) is 0 Å². The minimum absolute atomic E-state index is 0.0526. The molecule has 1 saturated heterocycles. The van der Waals surface area contributed by atoms with Gasteiger partial charge in [0, 0.05) is 18.0 Å². The number of carbonyl (C=O) groups is 3. The third-order valence-electron chi connectivity index (χ3n) is 7.92. The normalized spacial score (nSPS) is 33.3. The second-order valence-electron chi connectivity index (χ2n) is 9.83. The van der Waals surface area contributed by atoms with E-state index in [9.17, 15) is 24.6 Å². The van der Waals surface area contributed by atoms with Crippen LogP contribution in [0.15, 0.2) is 12.1 Å². The highest BCUT2D eigenvalue weighted by molar-refractivity contribution is 5.90. The van der Waals surface area contributed by atoms with E-state index in [-0.39, 0.29) is 29.9 Å². The average molecular weight is 444 g/mol. The zero-order chi connectivity index (χ0) is 23.0. The minimum Gasteiger partial charge on any atom is -0.480 e. The van der Waals surface area contributed by atoms with Crippen molar-refractivity contribution in [3.63, 3.8) is 0 Å². The maximum atomic E-state index is 12.9. The van der Waals surface area contributed by atoms with E-state index in [4.69, 9.17) is 9.47 Å². The van der Waals surface area contributed by atoms with Crippen molar-refractivity contribution >= 4 is 17.8 Å². The number of hydrogen-bond acceptors (Lipinski definition) is 7. The van der Waals surface area contributed by atoms with Crippen molar-refractivity contribution in [1.29, 1.82) is 0 Å². The molecule has 2 bridgehead atoms. The number of Topliss-reactive ketones (excluding diaryl/α,β-unsaturated/α-hetero) is 1. The first-order valence-corrected chi connectivity index (χ1v) is 11.1. The van der Waals surface area contributed by atoms with Crippen molar-refractivity contribution in [2.24, 2.45) is 5.92 Å². The molecule has 3 N–H and O–H groups in total. The molecule has 2 aliphatic heterocycles. The third kappa shape index (κ3) is 2.61. The first-order valence-electron chi connectivity index (χ1n) is 11.1. The first kappa shape index (κ1) is 21.2. The van der Waals surface area contributed by atoms with Crippen LogP contribution < -0.4 is 14.8 Å². The molecule has 2 fully saturated rings. The van der Waals surface area contributed by atoms with Gasteiger partial charge in [0.05, 0.1) is 11.0 Å². The van der Waals surface area contributed by atoms with E-state index in [2.05, 4.69) is 10.2 Å². The SMILES string of the molecule is CC(C)[C@@H](NC(=O)Oc1ccc2c3c1OC1C(=O)CC[C@@]4(O)[C@@H](C2)N(C)CC[C@]314)C(=O)O. The molecular formula is C23H28N2O7. The number of ketones is 1. The van der Waals surface area contributed by atoms with E-state index in [1.807, 2.05) is 13.1 Å². The van der Waals surface area contributed by atoms with Crippen molar-refractivity contribution in [2.45, 2.75) is 68.7 Å². The zero-order valence-electron chi connectivity index (χ0n) is 18.4. The second kappa shape index (κ2) is 6.92. The van der Waals surface area contributed by atoms with Gasteiger partial charge in [0.1, 0.15) is 6.04 Å². The molecule has 5 atom stereocenters. The maximum absolute atomic E-state index is 12.9. The van der Waals surface area contributed by atoms with E-state index >= 15 is 0 Å². The van der Waals surface area contributed by atoms with E-state index < -0.39 is 35.2 Å². The number of carboxylic acid groups (broad SMARTS) is 1. The molecule has 1 aromatic rings. The average Bonchev–Trinajstić information content (AvgIpc) is 3.08. The Balaban J connectivity index is 1.55. The van der Waals surface area contributed by atoms with Gasteiger partial charge in [-0.25, -0.2) is 9.59 Å². The van der Waals surface area contributed by atoms with Crippen LogP contribution in [-0.2, 0) is 21.4 Å². The topological polar surface area (TPSA) is 125 Å². The number of likely N-dealkylation sites (N-methyl/N-ethyl adjacent to an activating group) is 1. The molecule has 9 heteroatoms. The van der Waals surface area contributed by atoms with Crippen molar-refractivity contribution in [3.8, 4) is 11.5 Å². The number of hydrogen-bond donors (Lipinski definition) is 3. The highest BCUT2D eigenvalue weighted by Gasteiger charge is 2.72. The van der Waals surface area contributed by atoms with Crippen LogP contribution in [0.1, 0.15) is 44.2 Å². The van der Waals surface area contributed by atoms with Gasteiger partial charge in [-0.15, -0.1) is 0 Å². The predicted molar refractivity (Wildman–Crippen MR) is 112 cm³/mol. The Bertz CT molecular complexity index is 1020. The molecule has 5 rings (SSSR count). The lowest BCUT2D eigenvalue weighted by Gasteiger charge is -2.61. The molecule has 1 saturated carbocycles. The Morgan fingerprint density at radius 1 is 1.31 bits per heavy atom. The third-order valence-corrected chi connectivity index (χ3v) is 7.92. The standard InChI is InChI=1S/C23H28N2O7/c1-11(2)17(20(27)28)24-21(29)31-14-5-4-12-10-15-23(30)7-6-13(26)19-22(23,8-9-25(15)3)16(12)18(14)32-19/h4-5,11,15,17,19,30H,6-10H2,1-3H3,(H,24,29)(H,27,28)/t15-,17-,19?,22+,23-/m1/s1. The highest BCUT2D eigenvalue weighted by atomic mass is 16.6. The van der Waals surface area contributed by atoms with Crippen molar-refractivity contribution in [1.82, 2.24) is 10.2 Å². The Labute approximate surface area is 185 Å². The molecule has 0 radical (unpaired) electrons. The lowest BCUT2D eigenvalue weighted by molar-refractivity contribution is -0.185. The van der Waals surface area contributed by atoms with Crippen LogP contribution in [-0.4, -0.2) is 70.3 Å². The van der Waals surface area contributed by atoms with Crippen molar-refractivity contribution in [3.05, 3.63) is 23.3 Å². The fraction of sp³-hybridized carbons (Fsp3) is 0.609. The summed E-state index contributed by atoms with van der Waals surface area (Å²) in [6.07, 6.45) is 0.0692. The summed E-state index contributed by atoms with van der Waals surface area (Å²) in [6.45, 7) is 4.10. The number of rotatable bonds is 4. The van der Waals surface area contributed by atoms with Crippen LogP contribution in [0.4, 0.5) is 4.79 Å². The zero-order valence-corrected chi connectivity index (χ0v) is 18.4. The van der Waals surface area contributed by atoms with Gasteiger partial charge in [0.15, 0.2) is 23.4 Å². The molecule has 1 amide bonds. The molecule has 1 spiro atoms. The lowest BCUT2D eigenvalue weighted by Crippen LogP contribution is -2.76. The molecule has 4 aliphatic rings. The smallest absolute Gasteiger partial charge is 0.413 e. The Morgan fingerprint density at radius 2 is 2.06 bits per heavy atom. The lowest BCUT2D eigenvalue weighted by atomic mass is 9.49. The second-order valence-corrected chi connectivity index (χ2v) is 9.83. The van der Waals surface area contributed by atoms with Crippen molar-refractivity contribution in [2.75, 3.05) is 13.6 Å². The van der Waals surface area contributed by atoms with Crippen LogP contribution >= 0.6 is 0 Å². The Hall–Kier alpha value is -2.65. The predicted octanol–water partition coefficient (Wildman–Crippen LogP) is 1.24. The molecule has 2 heterocycles. The summed E-state index contributed by atoms with van der Waals surface area (Å²) >= 11 is 0. The molecule has 9 nitrogen and oxygen atoms in total. The van der Waals surface area contributed by atoms with Gasteiger partial charge in [0.25, 0.3) is 0 Å². The Kier molecular flexibility index (Phi) is 4.59. The first-order chi connectivity index (χ1) is 15.1. The summed E-state index contributed by atoms with van der Waals surface area (Å²) in [4.78, 5) is 39.0. The molecule has 1 aromatic carbocycles. The van der Waals surface area contributed by atoms with Gasteiger partial charge < -0.3 is 29.9 Å². The fourth-order valence-electron chi connectivity index (χ4n) is 6.37. The number of carboxylic acids is 1. The van der Waals surface area contributed by atoms with Crippen LogP contribution in [0.3, 0.4) is 0 Å². The van der Waals surface area contributed by atoms with Crippen LogP contribution in [0, 0.1) is 5.92 Å². The minimum atomic E-state index is -1.15. The van der Waals surface area contributed by atoms with Gasteiger partial charge in [-0.2, -0.15) is 0 Å². The summed E-state index contributed by atoms with van der Waals surface area (Å²) in [6, 6.07) is 2.26. The van der Waals surface area contributed by atoms with Crippen LogP contribution in [0.5, 0.6) is 11.5 Å². The fourth-order valence-corrected chi connectivity index (χ4v) is 6.37. The van der Waals surface area contributed by atoms with Crippen LogP contribution in [0.2, 0.25) is 0 Å². The molecule has 1 unspecified atom stereocenters. The maximum Gasteiger partial charge on any atom is 0.413 e. The molecule has 32 heavy (non-hydrogen) atoms. The Morgan fingerprint density at radius 3 is 2.75 bits per heavy atom. The van der Waals surface area contributed by atoms with E-state index in [1.54, 1.807) is 19.9 Å². The van der Waals surface area contributed by atoms with Crippen LogP contribution in [0.25, 0.3) is 0 Å². The number of benzene rings is 1. The number of nitrogens with one attached hydrogen (secondary N) is 1. The highest BCUT2D eigenvalue weighted by Crippen LogP contribution is 2.64. The number of piperidine rings is 1.